The summed E-state index contributed by atoms with van der Waals surface area (Å²) in [7, 11) is 0. The molecule has 0 fully saturated rings. The van der Waals surface area contributed by atoms with E-state index in [1.807, 2.05) is 0 Å². The number of nitrogens with two attached hydrogens (primary N) is 1. The smallest absolute Gasteiger partial charge is 0.407 e. The van der Waals surface area contributed by atoms with E-state index in [0.29, 0.717) is 0 Å². The van der Waals surface area contributed by atoms with E-state index in [9.17, 15) is 13.6 Å². The van der Waals surface area contributed by atoms with Gasteiger partial charge in [-0.15, -0.1) is 0 Å². The maximum atomic E-state index is 13.4. The summed E-state index contributed by atoms with van der Waals surface area (Å²) in [5.74, 6) is -2.18. The number of benzene rings is 1. The number of nitrogens with one attached hydrogen (secondary N) is 1. The highest BCUT2D eigenvalue weighted by Crippen LogP contribution is 2.17. The molecule has 0 saturated carbocycles. The average molecular weight is 258 g/mol. The van der Waals surface area contributed by atoms with E-state index in [-0.39, 0.29) is 17.8 Å². The molecule has 1 amide bonds. The number of alkyl carbamates (subject to hydrolysis) is 1. The maximum Gasteiger partial charge on any atom is 0.407 e. The van der Waals surface area contributed by atoms with Gasteiger partial charge < -0.3 is 15.8 Å². The van der Waals surface area contributed by atoms with Crippen molar-refractivity contribution in [3.05, 3.63) is 29.3 Å². The van der Waals surface area contributed by atoms with E-state index in [2.05, 4.69) is 5.32 Å². The SMILES string of the molecule is CC(C)(C)OC(=O)NCc1ccc(N)c(F)c1F. The number of carbonyl (C=O) groups is 1. The predicted molar refractivity (Wildman–Crippen MR) is 63.8 cm³/mol. The summed E-state index contributed by atoms with van der Waals surface area (Å²) < 4.78 is 31.5. The number of nitrogen functional groups attached to an aromatic ring is 1. The van der Waals surface area contributed by atoms with Crippen LogP contribution < -0.4 is 11.1 Å². The second kappa shape index (κ2) is 5.20. The Morgan fingerprint density at radius 1 is 1.33 bits per heavy atom. The van der Waals surface area contributed by atoms with Crippen LogP contribution in [0.3, 0.4) is 0 Å². The summed E-state index contributed by atoms with van der Waals surface area (Å²) in [4.78, 5) is 11.3. The molecule has 0 bridgehead atoms. The molecular weight excluding hydrogens is 242 g/mol. The Bertz CT molecular complexity index is 456. The summed E-state index contributed by atoms with van der Waals surface area (Å²) in [6, 6.07) is 2.55. The van der Waals surface area contributed by atoms with E-state index in [1.165, 1.54) is 12.1 Å². The van der Waals surface area contributed by atoms with Gasteiger partial charge in [0.15, 0.2) is 11.6 Å². The lowest BCUT2D eigenvalue weighted by molar-refractivity contribution is 0.0523. The van der Waals surface area contributed by atoms with E-state index >= 15 is 0 Å². The molecule has 3 N–H and O–H groups in total. The molecule has 0 atom stereocenters. The van der Waals surface area contributed by atoms with Crippen molar-refractivity contribution in [1.29, 1.82) is 0 Å². The van der Waals surface area contributed by atoms with Gasteiger partial charge in [0.25, 0.3) is 0 Å². The largest absolute Gasteiger partial charge is 0.444 e. The highest BCUT2D eigenvalue weighted by Gasteiger charge is 2.17. The Kier molecular flexibility index (Phi) is 4.11. The molecule has 0 aliphatic rings. The number of carbonyl (C=O) groups excluding carboxylic acids is 1. The van der Waals surface area contributed by atoms with Gasteiger partial charge in [-0.2, -0.15) is 0 Å². The molecule has 0 radical (unpaired) electrons. The molecule has 100 valence electrons. The maximum absolute atomic E-state index is 13.4. The van der Waals surface area contributed by atoms with Gasteiger partial charge in [0, 0.05) is 12.1 Å². The molecule has 6 heteroatoms. The summed E-state index contributed by atoms with van der Waals surface area (Å²) in [5.41, 5.74) is 4.29. The third-order valence-electron chi connectivity index (χ3n) is 2.01. The van der Waals surface area contributed by atoms with E-state index in [0.717, 1.165) is 0 Å². The predicted octanol–water partition coefficient (Wildman–Crippen LogP) is 2.57. The second-order valence-electron chi connectivity index (χ2n) is 4.80. The molecule has 1 rings (SSSR count). The van der Waals surface area contributed by atoms with Gasteiger partial charge in [-0.3, -0.25) is 0 Å². The fourth-order valence-corrected chi connectivity index (χ4v) is 1.22. The Labute approximate surface area is 104 Å². The van der Waals surface area contributed by atoms with Crippen molar-refractivity contribution in [3.8, 4) is 0 Å². The van der Waals surface area contributed by atoms with Crippen LogP contribution in [0.2, 0.25) is 0 Å². The van der Waals surface area contributed by atoms with Crippen LogP contribution in [-0.4, -0.2) is 11.7 Å². The molecule has 0 saturated heterocycles. The molecule has 1 aromatic carbocycles. The van der Waals surface area contributed by atoms with Crippen LogP contribution in [0.25, 0.3) is 0 Å². The number of amides is 1. The molecule has 0 aliphatic carbocycles. The lowest BCUT2D eigenvalue weighted by Gasteiger charge is -2.19. The zero-order valence-electron chi connectivity index (χ0n) is 10.5. The fourth-order valence-electron chi connectivity index (χ4n) is 1.22. The van der Waals surface area contributed by atoms with Crippen molar-refractivity contribution in [2.24, 2.45) is 0 Å². The van der Waals surface area contributed by atoms with Crippen LogP contribution in [0.1, 0.15) is 26.3 Å². The molecule has 0 unspecified atom stereocenters. The van der Waals surface area contributed by atoms with Gasteiger partial charge in [0.2, 0.25) is 0 Å². The monoisotopic (exact) mass is 258 g/mol. The number of ether oxygens (including phenoxy) is 1. The Balaban J connectivity index is 2.65. The standard InChI is InChI=1S/C12H16F2N2O2/c1-12(2,3)18-11(17)16-6-7-4-5-8(15)10(14)9(7)13/h4-5H,6,15H2,1-3H3,(H,16,17). The third kappa shape index (κ3) is 3.87. The molecule has 0 heterocycles. The van der Waals surface area contributed by atoms with Crippen LogP contribution in [0, 0.1) is 11.6 Å². The van der Waals surface area contributed by atoms with E-state index in [4.69, 9.17) is 10.5 Å². The van der Waals surface area contributed by atoms with Crippen LogP contribution in [-0.2, 0) is 11.3 Å². The minimum absolute atomic E-state index is 0.00700. The normalized spacial score (nSPS) is 11.2. The van der Waals surface area contributed by atoms with Crippen LogP contribution in [0.4, 0.5) is 19.3 Å². The lowest BCUT2D eigenvalue weighted by atomic mass is 10.2. The molecule has 0 spiro atoms. The van der Waals surface area contributed by atoms with Crippen molar-refractivity contribution in [2.45, 2.75) is 32.9 Å². The zero-order chi connectivity index (χ0) is 13.9. The van der Waals surface area contributed by atoms with E-state index in [1.54, 1.807) is 20.8 Å². The summed E-state index contributed by atoms with van der Waals surface area (Å²) in [5, 5.41) is 2.33. The number of hydrogen-bond donors (Lipinski definition) is 2. The molecule has 4 nitrogen and oxygen atoms in total. The second-order valence-corrected chi connectivity index (χ2v) is 4.80. The minimum atomic E-state index is -1.11. The van der Waals surface area contributed by atoms with Crippen molar-refractivity contribution in [3.63, 3.8) is 0 Å². The first-order chi connectivity index (χ1) is 8.20. The molecule has 1 aromatic rings. The molecular formula is C12H16F2N2O2. The summed E-state index contributed by atoms with van der Waals surface area (Å²) >= 11 is 0. The average Bonchev–Trinajstić information content (AvgIpc) is 2.22. The van der Waals surface area contributed by atoms with Crippen molar-refractivity contribution >= 4 is 11.8 Å². The fraction of sp³-hybridized carbons (Fsp3) is 0.417. The number of halogens is 2. The zero-order valence-corrected chi connectivity index (χ0v) is 10.5. The van der Waals surface area contributed by atoms with Gasteiger partial charge in [-0.25, -0.2) is 13.6 Å². The Morgan fingerprint density at radius 2 is 1.94 bits per heavy atom. The highest BCUT2D eigenvalue weighted by molar-refractivity contribution is 5.67. The molecule has 0 aliphatic heterocycles. The first-order valence-electron chi connectivity index (χ1n) is 5.40. The minimum Gasteiger partial charge on any atom is -0.444 e. The van der Waals surface area contributed by atoms with E-state index < -0.39 is 23.3 Å². The number of hydrogen-bond acceptors (Lipinski definition) is 3. The van der Waals surface area contributed by atoms with Crippen molar-refractivity contribution in [1.82, 2.24) is 5.32 Å². The number of anilines is 1. The molecule has 18 heavy (non-hydrogen) atoms. The highest BCUT2D eigenvalue weighted by atomic mass is 19.2. The van der Waals surface area contributed by atoms with Gasteiger partial charge in [-0.05, 0) is 26.8 Å². The quantitative estimate of drug-likeness (QED) is 0.801. The topological polar surface area (TPSA) is 64.3 Å². The Hall–Kier alpha value is -1.85. The third-order valence-corrected chi connectivity index (χ3v) is 2.01. The number of rotatable bonds is 2. The van der Waals surface area contributed by atoms with Gasteiger partial charge in [0.1, 0.15) is 5.60 Å². The summed E-state index contributed by atoms with van der Waals surface area (Å²) in [6.45, 7) is 4.94. The molecule has 0 aromatic heterocycles. The van der Waals surface area contributed by atoms with Gasteiger partial charge >= 0.3 is 6.09 Å². The summed E-state index contributed by atoms with van der Waals surface area (Å²) in [6.07, 6.45) is -0.695. The van der Waals surface area contributed by atoms with Crippen LogP contribution in [0.15, 0.2) is 12.1 Å². The van der Waals surface area contributed by atoms with Gasteiger partial charge in [-0.1, -0.05) is 6.07 Å². The van der Waals surface area contributed by atoms with Crippen LogP contribution >= 0.6 is 0 Å². The van der Waals surface area contributed by atoms with Gasteiger partial charge in [0.05, 0.1) is 5.69 Å². The first kappa shape index (κ1) is 14.2. The Morgan fingerprint density at radius 3 is 2.50 bits per heavy atom. The first-order valence-corrected chi connectivity index (χ1v) is 5.40. The lowest BCUT2D eigenvalue weighted by Crippen LogP contribution is -2.32. The van der Waals surface area contributed by atoms with Crippen molar-refractivity contribution in [2.75, 3.05) is 5.73 Å². The van der Waals surface area contributed by atoms with Crippen LogP contribution in [0.5, 0.6) is 0 Å². The van der Waals surface area contributed by atoms with Crippen molar-refractivity contribution < 1.29 is 18.3 Å².